The second-order valence-corrected chi connectivity index (χ2v) is 7.27. The van der Waals surface area contributed by atoms with E-state index < -0.39 is 0 Å². The molecule has 0 radical (unpaired) electrons. The SMILES string of the molecule is CCCCN(CCCC)C(=S)SC1CCCCC1. The molecule has 1 rings (SSSR count). The summed E-state index contributed by atoms with van der Waals surface area (Å²) in [5.41, 5.74) is 0. The molecule has 1 saturated carbocycles. The standard InChI is InChI=1S/C15H29NS2/c1-3-5-12-16(13-6-4-2)15(17)18-14-10-8-7-9-11-14/h14H,3-13H2,1-2H3. The van der Waals surface area contributed by atoms with E-state index in [0.29, 0.717) is 0 Å². The number of thioether (sulfide) groups is 1. The molecule has 0 aromatic carbocycles. The van der Waals surface area contributed by atoms with Gasteiger partial charge in [0.1, 0.15) is 4.32 Å². The maximum Gasteiger partial charge on any atom is 0.136 e. The maximum atomic E-state index is 5.67. The molecule has 0 heterocycles. The van der Waals surface area contributed by atoms with Gasteiger partial charge in [0, 0.05) is 18.3 Å². The fourth-order valence-corrected chi connectivity index (χ4v) is 4.17. The van der Waals surface area contributed by atoms with Crippen molar-refractivity contribution < 1.29 is 0 Å². The number of hydrogen-bond acceptors (Lipinski definition) is 2. The predicted octanol–water partition coefficient (Wildman–Crippen LogP) is 5.24. The Bertz CT molecular complexity index is 217. The molecule has 0 amide bonds. The van der Waals surface area contributed by atoms with E-state index in [1.807, 2.05) is 11.8 Å². The average molecular weight is 288 g/mol. The van der Waals surface area contributed by atoms with Gasteiger partial charge < -0.3 is 4.90 Å². The van der Waals surface area contributed by atoms with Crippen LogP contribution in [0.25, 0.3) is 0 Å². The lowest BCUT2D eigenvalue weighted by atomic mass is 10.0. The monoisotopic (exact) mass is 287 g/mol. The van der Waals surface area contributed by atoms with Gasteiger partial charge >= 0.3 is 0 Å². The Kier molecular flexibility index (Phi) is 9.12. The van der Waals surface area contributed by atoms with Crippen molar-refractivity contribution in [2.24, 2.45) is 0 Å². The summed E-state index contributed by atoms with van der Waals surface area (Å²) in [5, 5.41) is 0.803. The van der Waals surface area contributed by atoms with Crippen LogP contribution >= 0.6 is 24.0 Å². The minimum absolute atomic E-state index is 0.803. The molecular weight excluding hydrogens is 258 g/mol. The summed E-state index contributed by atoms with van der Waals surface area (Å²) in [5.74, 6) is 0. The second kappa shape index (κ2) is 10.1. The molecule has 1 fully saturated rings. The van der Waals surface area contributed by atoms with Crippen molar-refractivity contribution in [3.05, 3.63) is 0 Å². The molecule has 0 bridgehead atoms. The molecule has 3 heteroatoms. The molecule has 1 nitrogen and oxygen atoms in total. The molecule has 1 aliphatic carbocycles. The average Bonchev–Trinajstić information content (AvgIpc) is 2.40. The first-order chi connectivity index (χ1) is 8.77. The Hall–Kier alpha value is 0.240. The number of thiocarbonyl (C=S) groups is 1. The molecule has 1 aliphatic rings. The van der Waals surface area contributed by atoms with E-state index in [2.05, 4.69) is 18.7 Å². The molecule has 0 aliphatic heterocycles. The van der Waals surface area contributed by atoms with E-state index in [9.17, 15) is 0 Å². The topological polar surface area (TPSA) is 3.24 Å². The highest BCUT2D eigenvalue weighted by atomic mass is 32.2. The second-order valence-electron chi connectivity index (χ2n) is 5.34. The van der Waals surface area contributed by atoms with Crippen molar-refractivity contribution in [1.82, 2.24) is 4.90 Å². The van der Waals surface area contributed by atoms with Crippen molar-refractivity contribution >= 4 is 28.3 Å². The Morgan fingerprint density at radius 3 is 2.11 bits per heavy atom. The molecule has 0 N–H and O–H groups in total. The normalized spacial score (nSPS) is 16.8. The van der Waals surface area contributed by atoms with Crippen LogP contribution in [-0.4, -0.2) is 27.6 Å². The van der Waals surface area contributed by atoms with Gasteiger partial charge in [-0.15, -0.1) is 0 Å². The minimum atomic E-state index is 0.803. The number of unbranched alkanes of at least 4 members (excludes halogenated alkanes) is 2. The zero-order valence-electron chi connectivity index (χ0n) is 12.1. The number of hydrogen-bond donors (Lipinski definition) is 0. The zero-order chi connectivity index (χ0) is 13.2. The summed E-state index contributed by atoms with van der Waals surface area (Å²) in [4.78, 5) is 2.46. The van der Waals surface area contributed by atoms with Gasteiger partial charge in [0.25, 0.3) is 0 Å². The molecule has 0 spiro atoms. The molecule has 18 heavy (non-hydrogen) atoms. The Morgan fingerprint density at radius 2 is 1.61 bits per heavy atom. The summed E-state index contributed by atoms with van der Waals surface area (Å²) in [6.07, 6.45) is 12.1. The van der Waals surface area contributed by atoms with E-state index in [-0.39, 0.29) is 0 Å². The van der Waals surface area contributed by atoms with Crippen molar-refractivity contribution in [2.75, 3.05) is 13.1 Å². The van der Waals surface area contributed by atoms with Gasteiger partial charge in [-0.2, -0.15) is 0 Å². The third kappa shape index (κ3) is 6.42. The molecule has 0 saturated heterocycles. The van der Waals surface area contributed by atoms with Crippen LogP contribution in [0.3, 0.4) is 0 Å². The van der Waals surface area contributed by atoms with E-state index >= 15 is 0 Å². The highest BCUT2D eigenvalue weighted by molar-refractivity contribution is 8.23. The van der Waals surface area contributed by atoms with Gasteiger partial charge in [-0.05, 0) is 25.7 Å². The molecule has 0 atom stereocenters. The summed E-state index contributed by atoms with van der Waals surface area (Å²) in [7, 11) is 0. The van der Waals surface area contributed by atoms with Crippen LogP contribution in [0.15, 0.2) is 0 Å². The lowest BCUT2D eigenvalue weighted by molar-refractivity contribution is 0.410. The largest absolute Gasteiger partial charge is 0.358 e. The van der Waals surface area contributed by atoms with Crippen LogP contribution in [0, 0.1) is 0 Å². The third-order valence-corrected chi connectivity index (χ3v) is 5.45. The van der Waals surface area contributed by atoms with Crippen molar-refractivity contribution in [1.29, 1.82) is 0 Å². The first-order valence-corrected chi connectivity index (χ1v) is 9.02. The Labute approximate surface area is 123 Å². The first-order valence-electron chi connectivity index (χ1n) is 7.73. The van der Waals surface area contributed by atoms with Gasteiger partial charge in [-0.25, -0.2) is 0 Å². The fraction of sp³-hybridized carbons (Fsp3) is 0.933. The summed E-state index contributed by atoms with van der Waals surface area (Å²) in [6, 6.07) is 0. The Morgan fingerprint density at radius 1 is 1.06 bits per heavy atom. The first kappa shape index (κ1) is 16.3. The van der Waals surface area contributed by atoms with Crippen LogP contribution in [0.1, 0.15) is 71.6 Å². The van der Waals surface area contributed by atoms with Crippen LogP contribution in [0.2, 0.25) is 0 Å². The van der Waals surface area contributed by atoms with E-state index in [1.165, 1.54) is 62.1 Å². The lowest BCUT2D eigenvalue weighted by Gasteiger charge is -2.28. The number of rotatable bonds is 7. The molecule has 0 aromatic heterocycles. The van der Waals surface area contributed by atoms with Crippen LogP contribution in [0.5, 0.6) is 0 Å². The van der Waals surface area contributed by atoms with Crippen LogP contribution < -0.4 is 0 Å². The highest BCUT2D eigenvalue weighted by Crippen LogP contribution is 2.30. The molecular formula is C15H29NS2. The van der Waals surface area contributed by atoms with Crippen molar-refractivity contribution in [3.63, 3.8) is 0 Å². The molecule has 0 unspecified atom stereocenters. The van der Waals surface area contributed by atoms with Crippen LogP contribution in [0.4, 0.5) is 0 Å². The lowest BCUT2D eigenvalue weighted by Crippen LogP contribution is -2.31. The third-order valence-electron chi connectivity index (χ3n) is 3.64. The van der Waals surface area contributed by atoms with Gasteiger partial charge in [0.2, 0.25) is 0 Å². The minimum Gasteiger partial charge on any atom is -0.358 e. The molecule has 106 valence electrons. The van der Waals surface area contributed by atoms with Crippen LogP contribution in [-0.2, 0) is 0 Å². The molecule has 0 aromatic rings. The van der Waals surface area contributed by atoms with E-state index in [4.69, 9.17) is 12.2 Å². The van der Waals surface area contributed by atoms with E-state index in [0.717, 1.165) is 18.3 Å². The van der Waals surface area contributed by atoms with E-state index in [1.54, 1.807) is 0 Å². The summed E-state index contributed by atoms with van der Waals surface area (Å²) >= 11 is 7.66. The van der Waals surface area contributed by atoms with Gasteiger partial charge in [0.05, 0.1) is 0 Å². The predicted molar refractivity (Wildman–Crippen MR) is 88.5 cm³/mol. The van der Waals surface area contributed by atoms with Gasteiger partial charge in [0.15, 0.2) is 0 Å². The quantitative estimate of drug-likeness (QED) is 0.590. The van der Waals surface area contributed by atoms with Crippen molar-refractivity contribution in [3.8, 4) is 0 Å². The smallest absolute Gasteiger partial charge is 0.136 e. The van der Waals surface area contributed by atoms with Gasteiger partial charge in [-0.1, -0.05) is 69.9 Å². The Balaban J connectivity index is 2.35. The summed E-state index contributed by atoms with van der Waals surface area (Å²) < 4.78 is 1.17. The van der Waals surface area contributed by atoms with Gasteiger partial charge in [-0.3, -0.25) is 0 Å². The highest BCUT2D eigenvalue weighted by Gasteiger charge is 2.18. The summed E-state index contributed by atoms with van der Waals surface area (Å²) in [6.45, 7) is 6.84. The van der Waals surface area contributed by atoms with Crippen molar-refractivity contribution in [2.45, 2.75) is 76.9 Å². The number of nitrogens with zero attached hydrogens (tertiary/aromatic N) is 1. The fourth-order valence-electron chi connectivity index (χ4n) is 2.39. The zero-order valence-corrected chi connectivity index (χ0v) is 13.8. The maximum absolute atomic E-state index is 5.67.